The molecule has 1 aromatic rings. The van der Waals surface area contributed by atoms with Gasteiger partial charge >= 0.3 is 0 Å². The van der Waals surface area contributed by atoms with Crippen LogP contribution in [0.4, 0.5) is 0 Å². The van der Waals surface area contributed by atoms with Crippen molar-refractivity contribution in [2.24, 2.45) is 0 Å². The number of likely N-dealkylation sites (N-methyl/N-ethyl adjacent to an activating group) is 1. The van der Waals surface area contributed by atoms with E-state index in [4.69, 9.17) is 5.26 Å². The third kappa shape index (κ3) is 2.88. The van der Waals surface area contributed by atoms with E-state index in [0.717, 1.165) is 32.6 Å². The maximum atomic E-state index is 12.3. The van der Waals surface area contributed by atoms with Crippen molar-refractivity contribution >= 4 is 5.91 Å². The molecule has 0 bridgehead atoms. The summed E-state index contributed by atoms with van der Waals surface area (Å²) < 4.78 is 0. The van der Waals surface area contributed by atoms with Crippen LogP contribution < -0.4 is 0 Å². The second-order valence-electron chi connectivity index (χ2n) is 4.64. The quantitative estimate of drug-likeness (QED) is 0.747. The van der Waals surface area contributed by atoms with Gasteiger partial charge in [0, 0.05) is 25.2 Å². The minimum Gasteiger partial charge on any atom is -0.337 e. The fourth-order valence-electron chi connectivity index (χ4n) is 2.12. The fourth-order valence-corrected chi connectivity index (χ4v) is 2.12. The standard InChI is InChI=1S/C14H17N3O/c1-16-7-2-8-17(10-9-16)14(18)13-5-3-12(11-15)4-6-13/h3-6H,2,7-10H2,1H3. The number of benzene rings is 1. The third-order valence-electron chi connectivity index (χ3n) is 3.27. The summed E-state index contributed by atoms with van der Waals surface area (Å²) in [5.41, 5.74) is 1.25. The number of hydrogen-bond acceptors (Lipinski definition) is 3. The minimum atomic E-state index is 0.0646. The van der Waals surface area contributed by atoms with Gasteiger partial charge in [-0.1, -0.05) is 0 Å². The van der Waals surface area contributed by atoms with Crippen molar-refractivity contribution in [3.63, 3.8) is 0 Å². The van der Waals surface area contributed by atoms with Gasteiger partial charge in [-0.3, -0.25) is 4.79 Å². The predicted octanol–water partition coefficient (Wildman–Crippen LogP) is 1.34. The summed E-state index contributed by atoms with van der Waals surface area (Å²) in [6.07, 6.45) is 1.01. The van der Waals surface area contributed by atoms with Gasteiger partial charge in [0.2, 0.25) is 0 Å². The van der Waals surface area contributed by atoms with Gasteiger partial charge in [-0.25, -0.2) is 0 Å². The summed E-state index contributed by atoms with van der Waals surface area (Å²) in [6.45, 7) is 3.54. The topological polar surface area (TPSA) is 47.3 Å². The van der Waals surface area contributed by atoms with Crippen molar-refractivity contribution in [2.75, 3.05) is 33.2 Å². The highest BCUT2D eigenvalue weighted by atomic mass is 16.2. The van der Waals surface area contributed by atoms with E-state index < -0.39 is 0 Å². The molecule has 1 aliphatic rings. The Morgan fingerprint density at radius 3 is 2.56 bits per heavy atom. The molecule has 0 unspecified atom stereocenters. The van der Waals surface area contributed by atoms with E-state index >= 15 is 0 Å². The number of rotatable bonds is 1. The molecule has 0 spiro atoms. The van der Waals surface area contributed by atoms with E-state index in [1.54, 1.807) is 24.3 Å². The molecule has 1 heterocycles. The molecule has 0 saturated carbocycles. The zero-order valence-electron chi connectivity index (χ0n) is 10.6. The average Bonchev–Trinajstić information content (AvgIpc) is 2.63. The van der Waals surface area contributed by atoms with Crippen LogP contribution in [0.5, 0.6) is 0 Å². The molecule has 4 heteroatoms. The first-order chi connectivity index (χ1) is 8.70. The van der Waals surface area contributed by atoms with Crippen molar-refractivity contribution < 1.29 is 4.79 Å². The van der Waals surface area contributed by atoms with Crippen molar-refractivity contribution in [2.45, 2.75) is 6.42 Å². The minimum absolute atomic E-state index is 0.0646. The molecule has 0 aliphatic carbocycles. The van der Waals surface area contributed by atoms with Gasteiger partial charge in [0.25, 0.3) is 5.91 Å². The van der Waals surface area contributed by atoms with Crippen molar-refractivity contribution in [3.05, 3.63) is 35.4 Å². The lowest BCUT2D eigenvalue weighted by Crippen LogP contribution is -2.34. The summed E-state index contributed by atoms with van der Waals surface area (Å²) in [5.74, 6) is 0.0646. The van der Waals surface area contributed by atoms with Crippen molar-refractivity contribution in [1.82, 2.24) is 9.80 Å². The monoisotopic (exact) mass is 243 g/mol. The maximum absolute atomic E-state index is 12.3. The molecule has 1 aromatic carbocycles. The van der Waals surface area contributed by atoms with Gasteiger partial charge < -0.3 is 9.80 Å². The lowest BCUT2D eigenvalue weighted by atomic mass is 10.1. The zero-order chi connectivity index (χ0) is 13.0. The SMILES string of the molecule is CN1CCCN(C(=O)c2ccc(C#N)cc2)CC1. The predicted molar refractivity (Wildman–Crippen MR) is 69.2 cm³/mol. The van der Waals surface area contributed by atoms with Crippen LogP contribution in [0.3, 0.4) is 0 Å². The number of hydrogen-bond donors (Lipinski definition) is 0. The molecule has 0 N–H and O–H groups in total. The number of nitrogens with zero attached hydrogens (tertiary/aromatic N) is 3. The van der Waals surface area contributed by atoms with Gasteiger partial charge in [0.1, 0.15) is 0 Å². The lowest BCUT2D eigenvalue weighted by Gasteiger charge is -2.20. The van der Waals surface area contributed by atoms with E-state index in [-0.39, 0.29) is 5.91 Å². The molecule has 1 saturated heterocycles. The Morgan fingerprint density at radius 1 is 1.17 bits per heavy atom. The van der Waals surface area contributed by atoms with Crippen molar-refractivity contribution in [1.29, 1.82) is 5.26 Å². The molecule has 0 radical (unpaired) electrons. The van der Waals surface area contributed by atoms with E-state index in [9.17, 15) is 4.79 Å². The number of amides is 1. The summed E-state index contributed by atoms with van der Waals surface area (Å²) in [7, 11) is 2.08. The van der Waals surface area contributed by atoms with Gasteiger partial charge in [0.05, 0.1) is 11.6 Å². The highest BCUT2D eigenvalue weighted by molar-refractivity contribution is 5.94. The van der Waals surface area contributed by atoms with E-state index in [1.165, 1.54) is 0 Å². The Labute approximate surface area is 107 Å². The Morgan fingerprint density at radius 2 is 1.89 bits per heavy atom. The number of nitriles is 1. The van der Waals surface area contributed by atoms with E-state index in [1.807, 2.05) is 4.90 Å². The molecule has 0 atom stereocenters. The van der Waals surface area contributed by atoms with Crippen LogP contribution in [-0.4, -0.2) is 48.9 Å². The van der Waals surface area contributed by atoms with Crippen LogP contribution in [0.2, 0.25) is 0 Å². The Kier molecular flexibility index (Phi) is 3.96. The highest BCUT2D eigenvalue weighted by Gasteiger charge is 2.18. The molecule has 1 amide bonds. The van der Waals surface area contributed by atoms with Crippen LogP contribution in [0.15, 0.2) is 24.3 Å². The molecular weight excluding hydrogens is 226 g/mol. The van der Waals surface area contributed by atoms with Crippen LogP contribution in [0.1, 0.15) is 22.3 Å². The van der Waals surface area contributed by atoms with Gasteiger partial charge in [-0.15, -0.1) is 0 Å². The van der Waals surface area contributed by atoms with E-state index in [2.05, 4.69) is 18.0 Å². The normalized spacial score (nSPS) is 17.0. The molecule has 1 aliphatic heterocycles. The average molecular weight is 243 g/mol. The highest BCUT2D eigenvalue weighted by Crippen LogP contribution is 2.09. The number of carbonyl (C=O) groups excluding carboxylic acids is 1. The summed E-state index contributed by atoms with van der Waals surface area (Å²) in [5, 5.41) is 8.73. The molecule has 2 rings (SSSR count). The van der Waals surface area contributed by atoms with Gasteiger partial charge in [-0.2, -0.15) is 5.26 Å². The second-order valence-corrected chi connectivity index (χ2v) is 4.64. The van der Waals surface area contributed by atoms with E-state index in [0.29, 0.717) is 11.1 Å². The smallest absolute Gasteiger partial charge is 0.253 e. The van der Waals surface area contributed by atoms with Crippen LogP contribution in [-0.2, 0) is 0 Å². The molecular formula is C14H17N3O. The lowest BCUT2D eigenvalue weighted by molar-refractivity contribution is 0.0763. The number of carbonyl (C=O) groups is 1. The Bertz CT molecular complexity index is 461. The molecule has 1 fully saturated rings. The first-order valence-corrected chi connectivity index (χ1v) is 6.18. The third-order valence-corrected chi connectivity index (χ3v) is 3.27. The summed E-state index contributed by atoms with van der Waals surface area (Å²) in [6, 6.07) is 8.90. The first-order valence-electron chi connectivity index (χ1n) is 6.18. The first kappa shape index (κ1) is 12.6. The molecule has 18 heavy (non-hydrogen) atoms. The maximum Gasteiger partial charge on any atom is 0.253 e. The van der Waals surface area contributed by atoms with Crippen LogP contribution in [0.25, 0.3) is 0 Å². The van der Waals surface area contributed by atoms with Crippen LogP contribution >= 0.6 is 0 Å². The molecule has 94 valence electrons. The second kappa shape index (κ2) is 5.65. The molecule has 4 nitrogen and oxygen atoms in total. The Hall–Kier alpha value is -1.86. The van der Waals surface area contributed by atoms with Crippen LogP contribution in [0, 0.1) is 11.3 Å². The fraction of sp³-hybridized carbons (Fsp3) is 0.429. The summed E-state index contributed by atoms with van der Waals surface area (Å²) in [4.78, 5) is 16.4. The molecule has 0 aromatic heterocycles. The van der Waals surface area contributed by atoms with Crippen molar-refractivity contribution in [3.8, 4) is 6.07 Å². The Balaban J connectivity index is 2.08. The summed E-state index contributed by atoms with van der Waals surface area (Å²) >= 11 is 0. The van der Waals surface area contributed by atoms with Gasteiger partial charge in [0.15, 0.2) is 0 Å². The van der Waals surface area contributed by atoms with Gasteiger partial charge in [-0.05, 0) is 44.3 Å². The zero-order valence-corrected chi connectivity index (χ0v) is 10.6. The largest absolute Gasteiger partial charge is 0.337 e.